The second-order valence-corrected chi connectivity index (χ2v) is 14.3. The van der Waals surface area contributed by atoms with Gasteiger partial charge < -0.3 is 19.6 Å². The molecule has 0 atom stereocenters. The normalized spacial score (nSPS) is 24.0. The lowest BCUT2D eigenvalue weighted by Crippen LogP contribution is -2.40. The van der Waals surface area contributed by atoms with E-state index in [0.717, 1.165) is 74.9 Å². The molecule has 2 aromatic carbocycles. The summed E-state index contributed by atoms with van der Waals surface area (Å²) in [4.78, 5) is 17.5. The van der Waals surface area contributed by atoms with Crippen LogP contribution in [0.3, 0.4) is 0 Å². The first-order valence-electron chi connectivity index (χ1n) is 15.0. The number of sulfone groups is 1. The highest BCUT2D eigenvalue weighted by molar-refractivity contribution is 7.91. The van der Waals surface area contributed by atoms with Crippen molar-refractivity contribution in [2.45, 2.75) is 56.9 Å². The third-order valence-corrected chi connectivity index (χ3v) is 10.9. The fourth-order valence-electron chi connectivity index (χ4n) is 6.68. The van der Waals surface area contributed by atoms with Gasteiger partial charge in [0.25, 0.3) is 5.91 Å². The summed E-state index contributed by atoms with van der Waals surface area (Å²) in [6.07, 6.45) is 7.57. The topological polar surface area (TPSA) is 95.8 Å². The summed E-state index contributed by atoms with van der Waals surface area (Å²) in [5, 5.41) is 8.43. The van der Waals surface area contributed by atoms with Crippen LogP contribution in [0, 0.1) is 11.7 Å². The van der Waals surface area contributed by atoms with E-state index < -0.39 is 9.84 Å². The van der Waals surface area contributed by atoms with Crippen LogP contribution >= 0.6 is 0 Å². The Labute approximate surface area is 241 Å². The van der Waals surface area contributed by atoms with E-state index in [0.29, 0.717) is 36.1 Å². The molecular formula is C31H39FN4O4S. The zero-order chi connectivity index (χ0) is 28.4. The van der Waals surface area contributed by atoms with E-state index in [-0.39, 0.29) is 29.3 Å². The van der Waals surface area contributed by atoms with Crippen LogP contribution in [0.15, 0.2) is 47.0 Å². The zero-order valence-corrected chi connectivity index (χ0v) is 24.3. The van der Waals surface area contributed by atoms with Gasteiger partial charge >= 0.3 is 0 Å². The number of hydrogen-bond donors (Lipinski definition) is 1. The summed E-state index contributed by atoms with van der Waals surface area (Å²) in [5.41, 5.74) is 3.11. The number of aromatic nitrogens is 1. The van der Waals surface area contributed by atoms with Gasteiger partial charge in [-0.3, -0.25) is 4.79 Å². The Morgan fingerprint density at radius 3 is 2.37 bits per heavy atom. The van der Waals surface area contributed by atoms with Gasteiger partial charge in [0.2, 0.25) is 0 Å². The number of benzene rings is 2. The maximum absolute atomic E-state index is 13.5. The number of hydrogen-bond acceptors (Lipinski definition) is 7. The highest BCUT2D eigenvalue weighted by Gasteiger charge is 2.27. The van der Waals surface area contributed by atoms with Gasteiger partial charge in [-0.05, 0) is 107 Å². The molecule has 41 heavy (non-hydrogen) atoms. The first-order chi connectivity index (χ1) is 19.8. The van der Waals surface area contributed by atoms with E-state index in [9.17, 15) is 17.6 Å². The van der Waals surface area contributed by atoms with Gasteiger partial charge in [0.15, 0.2) is 15.4 Å². The largest absolute Gasteiger partial charge is 0.369 e. The lowest BCUT2D eigenvalue weighted by atomic mass is 9.83. The third kappa shape index (κ3) is 6.75. The molecule has 2 saturated heterocycles. The summed E-state index contributed by atoms with van der Waals surface area (Å²) >= 11 is 0. The van der Waals surface area contributed by atoms with E-state index in [4.69, 9.17) is 4.52 Å². The Morgan fingerprint density at radius 2 is 1.66 bits per heavy atom. The highest BCUT2D eigenvalue weighted by Crippen LogP contribution is 2.34. The molecule has 3 aromatic rings. The monoisotopic (exact) mass is 582 g/mol. The quantitative estimate of drug-likeness (QED) is 0.429. The lowest BCUT2D eigenvalue weighted by molar-refractivity contribution is 0.0919. The number of nitrogens with one attached hydrogen (secondary N) is 1. The minimum Gasteiger partial charge on any atom is -0.369 e. The third-order valence-electron chi connectivity index (χ3n) is 9.31. The minimum atomic E-state index is -2.91. The molecule has 0 unspecified atom stereocenters. The Kier molecular flexibility index (Phi) is 8.30. The molecule has 2 aliphatic heterocycles. The molecule has 6 rings (SSSR count). The zero-order valence-electron chi connectivity index (χ0n) is 23.4. The Morgan fingerprint density at radius 1 is 0.951 bits per heavy atom. The average Bonchev–Trinajstić information content (AvgIpc) is 3.40. The second kappa shape index (κ2) is 12.1. The SMILES string of the molecule is O=C(N[C@H]1CC[C@H](CCN2CCC(c3noc4cc(F)ccc34)CC2)CC1)c1ccc(N2CCS(=O)(=O)CC2)cc1. The molecule has 1 N–H and O–H groups in total. The summed E-state index contributed by atoms with van der Waals surface area (Å²) in [6.45, 7) is 4.19. The van der Waals surface area contributed by atoms with Crippen LogP contribution < -0.4 is 10.2 Å². The number of likely N-dealkylation sites (tertiary alicyclic amines) is 1. The Hall–Kier alpha value is -2.98. The molecule has 3 aliphatic rings. The molecule has 0 spiro atoms. The van der Waals surface area contributed by atoms with Crippen LogP contribution in [0.4, 0.5) is 10.1 Å². The van der Waals surface area contributed by atoms with Crippen molar-refractivity contribution in [2.24, 2.45) is 5.92 Å². The standard InChI is InChI=1S/C31H39FN4O4S/c32-25-5-10-28-29(21-25)40-34-30(28)23-12-15-35(16-13-23)14-11-22-1-6-26(7-2-22)33-31(37)24-3-8-27(9-4-24)36-17-19-41(38,39)20-18-36/h3-5,8-10,21-23,26H,1-2,6-7,11-20H2,(H,33,37)/t22-,26-. The van der Waals surface area contributed by atoms with E-state index in [1.54, 1.807) is 6.07 Å². The van der Waals surface area contributed by atoms with Crippen LogP contribution in [0.5, 0.6) is 0 Å². The molecule has 10 heteroatoms. The Bertz CT molecular complexity index is 1450. The van der Waals surface area contributed by atoms with E-state index in [1.807, 2.05) is 24.3 Å². The van der Waals surface area contributed by atoms with Crippen LogP contribution in [0.25, 0.3) is 11.0 Å². The molecule has 0 bridgehead atoms. The number of carbonyl (C=O) groups is 1. The van der Waals surface area contributed by atoms with Crippen molar-refractivity contribution in [3.8, 4) is 0 Å². The van der Waals surface area contributed by atoms with Gasteiger partial charge in [-0.15, -0.1) is 0 Å². The number of carbonyl (C=O) groups excluding carboxylic acids is 1. The molecule has 8 nitrogen and oxygen atoms in total. The van der Waals surface area contributed by atoms with Gasteiger partial charge in [-0.25, -0.2) is 12.8 Å². The minimum absolute atomic E-state index is 0.0332. The number of piperidine rings is 1. The van der Waals surface area contributed by atoms with Crippen molar-refractivity contribution in [3.05, 3.63) is 59.5 Å². The summed E-state index contributed by atoms with van der Waals surface area (Å²) < 4.78 is 42.2. The molecule has 3 heterocycles. The molecule has 1 aromatic heterocycles. The lowest BCUT2D eigenvalue weighted by Gasteiger charge is -2.34. The van der Waals surface area contributed by atoms with E-state index >= 15 is 0 Å². The van der Waals surface area contributed by atoms with Gasteiger partial charge in [0.05, 0.1) is 17.2 Å². The maximum atomic E-state index is 13.5. The van der Waals surface area contributed by atoms with Gasteiger partial charge in [0.1, 0.15) is 5.82 Å². The first-order valence-corrected chi connectivity index (χ1v) is 16.8. The number of fused-ring (bicyclic) bond motifs is 1. The average molecular weight is 583 g/mol. The number of nitrogens with zero attached hydrogens (tertiary/aromatic N) is 3. The predicted octanol–water partition coefficient (Wildman–Crippen LogP) is 4.76. The maximum Gasteiger partial charge on any atom is 0.251 e. The van der Waals surface area contributed by atoms with Gasteiger partial charge in [0, 0.05) is 47.8 Å². The number of rotatable bonds is 7. The summed E-state index contributed by atoms with van der Waals surface area (Å²) in [5.74, 6) is 1.09. The van der Waals surface area contributed by atoms with Gasteiger partial charge in [-0.1, -0.05) is 5.16 Å². The fraction of sp³-hybridized carbons (Fsp3) is 0.548. The van der Waals surface area contributed by atoms with Crippen LogP contribution in [0.2, 0.25) is 0 Å². The molecule has 1 saturated carbocycles. The summed E-state index contributed by atoms with van der Waals surface area (Å²) in [7, 11) is -2.91. The van der Waals surface area contributed by atoms with Crippen LogP contribution in [-0.4, -0.2) is 74.7 Å². The molecular weight excluding hydrogens is 543 g/mol. The first kappa shape index (κ1) is 28.2. The second-order valence-electron chi connectivity index (χ2n) is 12.0. The molecule has 1 amide bonds. The van der Waals surface area contributed by atoms with E-state index in [2.05, 4.69) is 20.3 Å². The van der Waals surface area contributed by atoms with Crippen LogP contribution in [-0.2, 0) is 9.84 Å². The summed E-state index contributed by atoms with van der Waals surface area (Å²) in [6, 6.07) is 12.4. The molecule has 1 aliphatic carbocycles. The van der Waals surface area contributed by atoms with Crippen LogP contribution in [0.1, 0.15) is 66.9 Å². The van der Waals surface area contributed by atoms with Crippen molar-refractivity contribution in [2.75, 3.05) is 49.1 Å². The van der Waals surface area contributed by atoms with Gasteiger partial charge in [-0.2, -0.15) is 0 Å². The van der Waals surface area contributed by atoms with Crippen molar-refractivity contribution in [3.63, 3.8) is 0 Å². The number of amides is 1. The molecule has 220 valence electrons. The molecule has 3 fully saturated rings. The van der Waals surface area contributed by atoms with Crippen molar-refractivity contribution in [1.29, 1.82) is 0 Å². The fourth-order valence-corrected chi connectivity index (χ4v) is 7.88. The number of anilines is 1. The Balaban J connectivity index is 0.901. The number of halogens is 1. The molecule has 0 radical (unpaired) electrons. The van der Waals surface area contributed by atoms with Crippen molar-refractivity contribution < 1.29 is 22.1 Å². The van der Waals surface area contributed by atoms with E-state index in [1.165, 1.54) is 18.6 Å². The smallest absolute Gasteiger partial charge is 0.251 e. The van der Waals surface area contributed by atoms with Crippen molar-refractivity contribution in [1.82, 2.24) is 15.4 Å². The predicted molar refractivity (Wildman–Crippen MR) is 158 cm³/mol. The highest BCUT2D eigenvalue weighted by atomic mass is 32.2. The van der Waals surface area contributed by atoms with Crippen molar-refractivity contribution >= 4 is 32.4 Å².